The van der Waals surface area contributed by atoms with Crippen LogP contribution in [0, 0.1) is 17.6 Å². The quantitative estimate of drug-likeness (QED) is 0.902. The lowest BCUT2D eigenvalue weighted by Crippen LogP contribution is -2.35. The van der Waals surface area contributed by atoms with E-state index in [9.17, 15) is 8.78 Å². The van der Waals surface area contributed by atoms with Crippen LogP contribution < -0.4 is 5.73 Å². The molecule has 1 aliphatic rings. The number of nitrogens with zero attached hydrogens (tertiary/aromatic N) is 1. The number of hydrogen-bond acceptors (Lipinski definition) is 3. The minimum Gasteiger partial charge on any atom is -0.381 e. The third-order valence-electron chi connectivity index (χ3n) is 3.80. The van der Waals surface area contributed by atoms with Gasteiger partial charge in [-0.25, -0.2) is 8.78 Å². The molecule has 1 aromatic rings. The minimum absolute atomic E-state index is 0.240. The zero-order valence-corrected chi connectivity index (χ0v) is 11.8. The van der Waals surface area contributed by atoms with E-state index in [0.717, 1.165) is 38.7 Å². The number of rotatable bonds is 5. The summed E-state index contributed by atoms with van der Waals surface area (Å²) < 4.78 is 32.2. The summed E-state index contributed by atoms with van der Waals surface area (Å²) in [5.41, 5.74) is 6.24. The molecule has 1 heterocycles. The maximum atomic E-state index is 13.7. The smallest absolute Gasteiger partial charge is 0.163 e. The molecule has 1 unspecified atom stereocenters. The number of likely N-dealkylation sites (N-methyl/N-ethyl adjacent to an activating group) is 1. The maximum absolute atomic E-state index is 13.7. The molecule has 0 spiro atoms. The number of nitrogens with two attached hydrogens (primary N) is 1. The van der Waals surface area contributed by atoms with E-state index in [0.29, 0.717) is 12.5 Å². The van der Waals surface area contributed by atoms with Crippen LogP contribution in [0.1, 0.15) is 24.4 Å². The highest BCUT2D eigenvalue weighted by molar-refractivity contribution is 5.22. The first-order valence-electron chi connectivity index (χ1n) is 7.03. The van der Waals surface area contributed by atoms with E-state index >= 15 is 0 Å². The van der Waals surface area contributed by atoms with Crippen molar-refractivity contribution in [1.82, 2.24) is 4.90 Å². The summed E-state index contributed by atoms with van der Waals surface area (Å²) in [6.07, 6.45) is 2.10. The third-order valence-corrected chi connectivity index (χ3v) is 3.80. The summed E-state index contributed by atoms with van der Waals surface area (Å²) in [4.78, 5) is 2.09. The molecule has 1 saturated heterocycles. The fraction of sp³-hybridized carbons (Fsp3) is 0.600. The van der Waals surface area contributed by atoms with Crippen LogP contribution in [0.5, 0.6) is 0 Å². The second-order valence-electron chi connectivity index (χ2n) is 5.53. The topological polar surface area (TPSA) is 38.5 Å². The van der Waals surface area contributed by atoms with E-state index in [-0.39, 0.29) is 5.56 Å². The molecule has 112 valence electrons. The lowest BCUT2D eigenvalue weighted by molar-refractivity contribution is 0.0551. The van der Waals surface area contributed by atoms with Crippen molar-refractivity contribution >= 4 is 0 Å². The lowest BCUT2D eigenvalue weighted by Gasteiger charge is -2.28. The van der Waals surface area contributed by atoms with E-state index < -0.39 is 17.7 Å². The predicted molar refractivity (Wildman–Crippen MR) is 74.3 cm³/mol. The van der Waals surface area contributed by atoms with Gasteiger partial charge in [0.05, 0.1) is 0 Å². The Kier molecular flexibility index (Phi) is 5.46. The molecule has 0 bridgehead atoms. The van der Waals surface area contributed by atoms with Crippen LogP contribution in [-0.2, 0) is 4.74 Å². The molecule has 0 amide bonds. The molecule has 0 saturated carbocycles. The van der Waals surface area contributed by atoms with Gasteiger partial charge < -0.3 is 15.4 Å². The molecule has 3 nitrogen and oxygen atoms in total. The van der Waals surface area contributed by atoms with Crippen molar-refractivity contribution in [2.45, 2.75) is 18.9 Å². The standard InChI is InChI=1S/C15H22F2N2O/c1-19(9-11-5-7-20-8-6-11)10-14(18)12-3-2-4-13(16)15(12)17/h2-4,11,14H,5-10,18H2,1H3. The first kappa shape index (κ1) is 15.4. The summed E-state index contributed by atoms with van der Waals surface area (Å²) in [5.74, 6) is -1.08. The van der Waals surface area contributed by atoms with E-state index in [1.807, 2.05) is 7.05 Å². The number of halogens is 2. The number of benzene rings is 1. The van der Waals surface area contributed by atoms with Crippen molar-refractivity contribution in [3.8, 4) is 0 Å². The predicted octanol–water partition coefficient (Wildman–Crippen LogP) is 2.32. The van der Waals surface area contributed by atoms with Crippen molar-refractivity contribution in [2.24, 2.45) is 11.7 Å². The summed E-state index contributed by atoms with van der Waals surface area (Å²) >= 11 is 0. The van der Waals surface area contributed by atoms with Crippen molar-refractivity contribution in [3.63, 3.8) is 0 Å². The van der Waals surface area contributed by atoms with E-state index in [2.05, 4.69) is 4.90 Å². The Labute approximate surface area is 118 Å². The highest BCUT2D eigenvalue weighted by Crippen LogP contribution is 2.20. The average Bonchev–Trinajstić information content (AvgIpc) is 2.42. The number of hydrogen-bond donors (Lipinski definition) is 1. The van der Waals surface area contributed by atoms with Gasteiger partial charge in [0.15, 0.2) is 11.6 Å². The molecule has 0 aromatic heterocycles. The maximum Gasteiger partial charge on any atom is 0.163 e. The molecule has 20 heavy (non-hydrogen) atoms. The SMILES string of the molecule is CN(CC1CCOCC1)CC(N)c1cccc(F)c1F. The van der Waals surface area contributed by atoms with E-state index in [4.69, 9.17) is 10.5 Å². The first-order chi connectivity index (χ1) is 9.58. The van der Waals surface area contributed by atoms with E-state index in [1.54, 1.807) is 6.07 Å². The van der Waals surface area contributed by atoms with Gasteiger partial charge in [-0.05, 0) is 31.9 Å². The second kappa shape index (κ2) is 7.11. The van der Waals surface area contributed by atoms with Gasteiger partial charge in [-0.15, -0.1) is 0 Å². The Morgan fingerprint density at radius 2 is 2.05 bits per heavy atom. The molecule has 0 radical (unpaired) electrons. The Morgan fingerprint density at radius 1 is 1.35 bits per heavy atom. The molecule has 2 N–H and O–H groups in total. The van der Waals surface area contributed by atoms with Gasteiger partial charge in [0, 0.05) is 37.9 Å². The second-order valence-corrected chi connectivity index (χ2v) is 5.53. The molecule has 0 aliphatic carbocycles. The van der Waals surface area contributed by atoms with Crippen LogP contribution in [0.25, 0.3) is 0 Å². The molecular formula is C15H22F2N2O. The van der Waals surface area contributed by atoms with Gasteiger partial charge in [-0.2, -0.15) is 0 Å². The van der Waals surface area contributed by atoms with Gasteiger partial charge in [0.1, 0.15) is 0 Å². The summed E-state index contributed by atoms with van der Waals surface area (Å²) in [7, 11) is 1.96. The average molecular weight is 284 g/mol. The zero-order chi connectivity index (χ0) is 14.5. The molecule has 5 heteroatoms. The van der Waals surface area contributed by atoms with Crippen molar-refractivity contribution < 1.29 is 13.5 Å². The van der Waals surface area contributed by atoms with Crippen LogP contribution in [-0.4, -0.2) is 38.3 Å². The van der Waals surface area contributed by atoms with Crippen LogP contribution in [0.4, 0.5) is 8.78 Å². The van der Waals surface area contributed by atoms with Gasteiger partial charge in [-0.3, -0.25) is 0 Å². The van der Waals surface area contributed by atoms with Gasteiger partial charge in [0.25, 0.3) is 0 Å². The largest absolute Gasteiger partial charge is 0.381 e. The van der Waals surface area contributed by atoms with Gasteiger partial charge in [0.2, 0.25) is 0 Å². The summed E-state index contributed by atoms with van der Waals surface area (Å²) in [5, 5.41) is 0. The summed E-state index contributed by atoms with van der Waals surface area (Å²) in [6, 6.07) is 3.63. The lowest BCUT2D eigenvalue weighted by atomic mass is 9.99. The Bertz CT molecular complexity index is 436. The normalized spacial score (nSPS) is 18.4. The van der Waals surface area contributed by atoms with Gasteiger partial charge >= 0.3 is 0 Å². The minimum atomic E-state index is -0.843. The van der Waals surface area contributed by atoms with Crippen molar-refractivity contribution in [2.75, 3.05) is 33.4 Å². The van der Waals surface area contributed by atoms with Crippen molar-refractivity contribution in [1.29, 1.82) is 0 Å². The molecule has 1 atom stereocenters. The van der Waals surface area contributed by atoms with Crippen LogP contribution in [0.15, 0.2) is 18.2 Å². The fourth-order valence-electron chi connectivity index (χ4n) is 2.69. The molecule has 1 fully saturated rings. The summed E-state index contributed by atoms with van der Waals surface area (Å²) in [6.45, 7) is 3.04. The van der Waals surface area contributed by atoms with Gasteiger partial charge in [-0.1, -0.05) is 12.1 Å². The Morgan fingerprint density at radius 3 is 2.75 bits per heavy atom. The Hall–Kier alpha value is -1.04. The van der Waals surface area contributed by atoms with Crippen LogP contribution >= 0.6 is 0 Å². The first-order valence-corrected chi connectivity index (χ1v) is 7.03. The van der Waals surface area contributed by atoms with Crippen LogP contribution in [0.3, 0.4) is 0 Å². The monoisotopic (exact) mass is 284 g/mol. The molecule has 2 rings (SSSR count). The van der Waals surface area contributed by atoms with Crippen LogP contribution in [0.2, 0.25) is 0 Å². The molecular weight excluding hydrogens is 262 g/mol. The number of ether oxygens (including phenoxy) is 1. The van der Waals surface area contributed by atoms with Crippen molar-refractivity contribution in [3.05, 3.63) is 35.4 Å². The molecule has 1 aromatic carbocycles. The fourth-order valence-corrected chi connectivity index (χ4v) is 2.69. The molecule has 1 aliphatic heterocycles. The highest BCUT2D eigenvalue weighted by atomic mass is 19.2. The zero-order valence-electron chi connectivity index (χ0n) is 11.8. The highest BCUT2D eigenvalue weighted by Gasteiger charge is 2.19. The third kappa shape index (κ3) is 3.98. The Balaban J connectivity index is 1.89. The van der Waals surface area contributed by atoms with E-state index in [1.165, 1.54) is 6.07 Å².